The lowest BCUT2D eigenvalue weighted by Gasteiger charge is -2.20. The predicted molar refractivity (Wildman–Crippen MR) is 85.9 cm³/mol. The molecule has 1 aromatic carbocycles. The maximum absolute atomic E-state index is 5.29. The Morgan fingerprint density at radius 3 is 2.63 bits per heavy atom. The van der Waals surface area contributed by atoms with Crippen molar-refractivity contribution in [3.63, 3.8) is 0 Å². The summed E-state index contributed by atoms with van der Waals surface area (Å²) in [6, 6.07) is 6.79. The summed E-state index contributed by atoms with van der Waals surface area (Å²) < 4.78 is 6.47. The van der Waals surface area contributed by atoms with Gasteiger partial charge in [0.2, 0.25) is 0 Å². The van der Waals surface area contributed by atoms with Gasteiger partial charge in [-0.15, -0.1) is 0 Å². The third kappa shape index (κ3) is 5.96. The van der Waals surface area contributed by atoms with E-state index in [0.717, 1.165) is 31.1 Å². The molecule has 0 heterocycles. The van der Waals surface area contributed by atoms with Crippen LogP contribution in [0.15, 0.2) is 22.7 Å². The van der Waals surface area contributed by atoms with Crippen molar-refractivity contribution >= 4 is 15.9 Å². The Bertz CT molecular complexity index is 379. The molecule has 0 aromatic heterocycles. The second kappa shape index (κ2) is 8.60. The standard InChI is InChI=1S/C16H26BrNO/c1-5-18-14(10-12(2)3)7-6-13-11-15(19-4)8-9-16(13)17/h8-9,11-12,14,18H,5-7,10H2,1-4H3. The Hall–Kier alpha value is -0.540. The Labute approximate surface area is 126 Å². The van der Waals surface area contributed by atoms with Crippen molar-refractivity contribution < 1.29 is 4.74 Å². The van der Waals surface area contributed by atoms with Gasteiger partial charge in [-0.2, -0.15) is 0 Å². The van der Waals surface area contributed by atoms with Crippen molar-refractivity contribution in [3.05, 3.63) is 28.2 Å². The van der Waals surface area contributed by atoms with Gasteiger partial charge in [-0.1, -0.05) is 36.7 Å². The molecule has 3 heteroatoms. The molecule has 0 amide bonds. The number of hydrogen-bond acceptors (Lipinski definition) is 2. The van der Waals surface area contributed by atoms with Crippen LogP contribution in [0.3, 0.4) is 0 Å². The number of nitrogens with one attached hydrogen (secondary N) is 1. The number of ether oxygens (including phenoxy) is 1. The number of rotatable bonds is 8. The molecule has 0 aliphatic heterocycles. The summed E-state index contributed by atoms with van der Waals surface area (Å²) in [5.41, 5.74) is 1.33. The van der Waals surface area contributed by atoms with Crippen LogP contribution in [0.2, 0.25) is 0 Å². The minimum Gasteiger partial charge on any atom is -0.497 e. The lowest BCUT2D eigenvalue weighted by molar-refractivity contribution is 0.403. The fraction of sp³-hybridized carbons (Fsp3) is 0.625. The summed E-state index contributed by atoms with van der Waals surface area (Å²) in [6.45, 7) is 7.78. The van der Waals surface area contributed by atoms with E-state index in [0.29, 0.717) is 6.04 Å². The average molecular weight is 328 g/mol. The molecule has 19 heavy (non-hydrogen) atoms. The number of hydrogen-bond donors (Lipinski definition) is 1. The second-order valence-electron chi connectivity index (χ2n) is 5.38. The molecule has 108 valence electrons. The van der Waals surface area contributed by atoms with Gasteiger partial charge in [-0.3, -0.25) is 0 Å². The minimum atomic E-state index is 0.600. The highest BCUT2D eigenvalue weighted by atomic mass is 79.9. The number of aryl methyl sites for hydroxylation is 1. The molecule has 1 N–H and O–H groups in total. The molecular formula is C16H26BrNO. The summed E-state index contributed by atoms with van der Waals surface area (Å²) in [7, 11) is 1.72. The molecule has 2 nitrogen and oxygen atoms in total. The van der Waals surface area contributed by atoms with Gasteiger partial charge in [-0.25, -0.2) is 0 Å². The van der Waals surface area contributed by atoms with Crippen molar-refractivity contribution in [1.29, 1.82) is 0 Å². The van der Waals surface area contributed by atoms with E-state index in [4.69, 9.17) is 4.74 Å². The fourth-order valence-corrected chi connectivity index (χ4v) is 2.81. The van der Waals surface area contributed by atoms with Crippen molar-refractivity contribution in [3.8, 4) is 5.75 Å². The van der Waals surface area contributed by atoms with Crippen LogP contribution in [0.25, 0.3) is 0 Å². The molecule has 1 atom stereocenters. The highest BCUT2D eigenvalue weighted by molar-refractivity contribution is 9.10. The van der Waals surface area contributed by atoms with E-state index in [-0.39, 0.29) is 0 Å². The molecule has 0 bridgehead atoms. The van der Waals surface area contributed by atoms with E-state index < -0.39 is 0 Å². The quantitative estimate of drug-likeness (QED) is 0.763. The Morgan fingerprint density at radius 1 is 1.32 bits per heavy atom. The first-order valence-electron chi connectivity index (χ1n) is 7.12. The van der Waals surface area contributed by atoms with Gasteiger partial charge < -0.3 is 10.1 Å². The van der Waals surface area contributed by atoms with E-state index in [9.17, 15) is 0 Å². The second-order valence-corrected chi connectivity index (χ2v) is 6.23. The van der Waals surface area contributed by atoms with Crippen LogP contribution in [0.4, 0.5) is 0 Å². The van der Waals surface area contributed by atoms with Crippen LogP contribution < -0.4 is 10.1 Å². The van der Waals surface area contributed by atoms with Gasteiger partial charge in [0.05, 0.1) is 7.11 Å². The lowest BCUT2D eigenvalue weighted by Crippen LogP contribution is -2.30. The Kier molecular flexibility index (Phi) is 7.47. The van der Waals surface area contributed by atoms with E-state index in [2.05, 4.69) is 54.2 Å². The van der Waals surface area contributed by atoms with Gasteiger partial charge >= 0.3 is 0 Å². The van der Waals surface area contributed by atoms with Crippen molar-refractivity contribution in [1.82, 2.24) is 5.32 Å². The van der Waals surface area contributed by atoms with E-state index >= 15 is 0 Å². The normalized spacial score (nSPS) is 12.7. The molecule has 1 rings (SSSR count). The SMILES string of the molecule is CCNC(CCc1cc(OC)ccc1Br)CC(C)C. The zero-order chi connectivity index (χ0) is 14.3. The van der Waals surface area contributed by atoms with Crippen LogP contribution in [0, 0.1) is 5.92 Å². The minimum absolute atomic E-state index is 0.600. The smallest absolute Gasteiger partial charge is 0.119 e. The van der Waals surface area contributed by atoms with Crippen molar-refractivity contribution in [2.75, 3.05) is 13.7 Å². The van der Waals surface area contributed by atoms with Gasteiger partial charge in [0, 0.05) is 10.5 Å². The summed E-state index contributed by atoms with van der Waals surface area (Å²) in [6.07, 6.45) is 3.47. The first-order valence-corrected chi connectivity index (χ1v) is 7.91. The zero-order valence-corrected chi connectivity index (χ0v) is 14.1. The highest BCUT2D eigenvalue weighted by Gasteiger charge is 2.11. The van der Waals surface area contributed by atoms with E-state index in [1.165, 1.54) is 16.5 Å². The van der Waals surface area contributed by atoms with Gasteiger partial charge in [0.25, 0.3) is 0 Å². The number of benzene rings is 1. The third-order valence-electron chi connectivity index (χ3n) is 3.26. The molecule has 1 unspecified atom stereocenters. The van der Waals surface area contributed by atoms with Gasteiger partial charge in [0.1, 0.15) is 5.75 Å². The van der Waals surface area contributed by atoms with Crippen molar-refractivity contribution in [2.24, 2.45) is 5.92 Å². The van der Waals surface area contributed by atoms with Gasteiger partial charge in [-0.05, 0) is 55.5 Å². The first kappa shape index (κ1) is 16.5. The van der Waals surface area contributed by atoms with E-state index in [1.54, 1.807) is 7.11 Å². The maximum Gasteiger partial charge on any atom is 0.119 e. The topological polar surface area (TPSA) is 21.3 Å². The van der Waals surface area contributed by atoms with Crippen LogP contribution in [-0.4, -0.2) is 19.7 Å². The summed E-state index contributed by atoms with van der Waals surface area (Å²) in [4.78, 5) is 0. The molecule has 0 aliphatic rings. The molecule has 0 radical (unpaired) electrons. The van der Waals surface area contributed by atoms with Crippen LogP contribution in [0.1, 0.15) is 39.2 Å². The molecule has 0 saturated heterocycles. The Balaban J connectivity index is 2.62. The van der Waals surface area contributed by atoms with Crippen LogP contribution in [-0.2, 0) is 6.42 Å². The van der Waals surface area contributed by atoms with Crippen molar-refractivity contribution in [2.45, 2.75) is 46.1 Å². The summed E-state index contributed by atoms with van der Waals surface area (Å²) >= 11 is 3.62. The first-order chi connectivity index (χ1) is 9.06. The molecule has 0 fully saturated rings. The average Bonchev–Trinajstić information content (AvgIpc) is 2.37. The lowest BCUT2D eigenvalue weighted by atomic mass is 9.97. The highest BCUT2D eigenvalue weighted by Crippen LogP contribution is 2.24. The molecular weight excluding hydrogens is 302 g/mol. The molecule has 0 spiro atoms. The largest absolute Gasteiger partial charge is 0.497 e. The van der Waals surface area contributed by atoms with Gasteiger partial charge in [0.15, 0.2) is 0 Å². The van der Waals surface area contributed by atoms with E-state index in [1.807, 2.05) is 6.07 Å². The molecule has 0 aliphatic carbocycles. The fourth-order valence-electron chi connectivity index (χ4n) is 2.36. The predicted octanol–water partition coefficient (Wildman–Crippen LogP) is 4.41. The Morgan fingerprint density at radius 2 is 2.05 bits per heavy atom. The molecule has 1 aromatic rings. The van der Waals surface area contributed by atoms with Crippen LogP contribution >= 0.6 is 15.9 Å². The zero-order valence-electron chi connectivity index (χ0n) is 12.5. The summed E-state index contributed by atoms with van der Waals surface area (Å²) in [5.74, 6) is 1.67. The number of halogens is 1. The summed E-state index contributed by atoms with van der Waals surface area (Å²) in [5, 5.41) is 3.59. The third-order valence-corrected chi connectivity index (χ3v) is 4.04. The monoisotopic (exact) mass is 327 g/mol. The van der Waals surface area contributed by atoms with Crippen LogP contribution in [0.5, 0.6) is 5.75 Å². The molecule has 0 saturated carbocycles. The number of methoxy groups -OCH3 is 1. The maximum atomic E-state index is 5.29.